The molecule has 14 heteroatoms. The Bertz CT molecular complexity index is 1990. The van der Waals surface area contributed by atoms with E-state index in [9.17, 15) is 22.8 Å². The molecule has 0 radical (unpaired) electrons. The number of rotatable bonds is 8. The monoisotopic (exact) mass is 696 g/mol. The van der Waals surface area contributed by atoms with Gasteiger partial charge in [0.2, 0.25) is 0 Å². The molecule has 2 heterocycles. The van der Waals surface area contributed by atoms with Crippen LogP contribution in [0.25, 0.3) is 6.08 Å². The highest BCUT2D eigenvalue weighted by Gasteiger charge is 2.45. The van der Waals surface area contributed by atoms with E-state index in [4.69, 9.17) is 49.0 Å². The Morgan fingerprint density at radius 3 is 2.44 bits per heavy atom. The van der Waals surface area contributed by atoms with Crippen LogP contribution in [0.2, 0.25) is 15.1 Å². The first-order valence-corrected chi connectivity index (χ1v) is 15.2. The molecular weight excluding hydrogens is 676 g/mol. The predicted molar refractivity (Wildman–Crippen MR) is 166 cm³/mol. The van der Waals surface area contributed by atoms with Gasteiger partial charge in [-0.2, -0.15) is 13.2 Å². The number of fused-ring (bicyclic) bond motifs is 1. The quantitative estimate of drug-likeness (QED) is 0.188. The number of allylic oxidation sites excluding steroid dienone is 1. The van der Waals surface area contributed by atoms with E-state index >= 15 is 0 Å². The second-order valence-electron chi connectivity index (χ2n) is 9.57. The second-order valence-corrected chi connectivity index (χ2v) is 11.9. The molecule has 0 saturated carbocycles. The number of benzene rings is 3. The van der Waals surface area contributed by atoms with Crippen LogP contribution in [0.15, 0.2) is 81.7 Å². The third kappa shape index (κ3) is 6.91. The molecule has 0 N–H and O–H groups in total. The summed E-state index contributed by atoms with van der Waals surface area (Å²) in [7, 11) is 1.41. The van der Waals surface area contributed by atoms with Crippen molar-refractivity contribution in [3.05, 3.63) is 123 Å². The number of aromatic nitrogens is 1. The first-order valence-electron chi connectivity index (χ1n) is 13.2. The maximum absolute atomic E-state index is 14.3. The third-order valence-electron chi connectivity index (χ3n) is 6.60. The SMILES string of the molecule is CCOC(=O)C1=C(C(F)(F)F)N=c2s/c(=C\c3cc(Cl)c(OCc4cccc(Cl)c4)c(OC)c3)c(=O)n2[C@H]1c1ccc(Cl)cc1. The summed E-state index contributed by atoms with van der Waals surface area (Å²) in [6, 6.07) is 14.5. The lowest BCUT2D eigenvalue weighted by Crippen LogP contribution is -2.41. The Labute approximate surface area is 273 Å². The zero-order chi connectivity index (χ0) is 32.5. The van der Waals surface area contributed by atoms with E-state index in [2.05, 4.69) is 4.99 Å². The van der Waals surface area contributed by atoms with Gasteiger partial charge >= 0.3 is 12.1 Å². The van der Waals surface area contributed by atoms with E-state index in [1.807, 2.05) is 6.07 Å². The van der Waals surface area contributed by atoms with Crippen molar-refractivity contribution in [3.8, 4) is 11.5 Å². The van der Waals surface area contributed by atoms with Crippen molar-refractivity contribution in [2.45, 2.75) is 25.7 Å². The molecule has 0 amide bonds. The van der Waals surface area contributed by atoms with Crippen molar-refractivity contribution >= 4 is 58.2 Å². The van der Waals surface area contributed by atoms with Gasteiger partial charge in [0.05, 0.1) is 34.9 Å². The fourth-order valence-corrected chi connectivity index (χ4v) is 6.31. The fraction of sp³-hybridized carbons (Fsp3) is 0.194. The zero-order valence-corrected chi connectivity index (χ0v) is 26.5. The number of hydrogen-bond acceptors (Lipinski definition) is 7. The molecule has 0 bridgehead atoms. The van der Waals surface area contributed by atoms with Gasteiger partial charge < -0.3 is 14.2 Å². The van der Waals surface area contributed by atoms with Gasteiger partial charge in [0.1, 0.15) is 6.61 Å². The summed E-state index contributed by atoms with van der Waals surface area (Å²) >= 11 is 19.3. The van der Waals surface area contributed by atoms with Gasteiger partial charge in [-0.25, -0.2) is 9.79 Å². The van der Waals surface area contributed by atoms with Crippen molar-refractivity contribution < 1.29 is 32.2 Å². The normalized spacial score (nSPS) is 15.0. The van der Waals surface area contributed by atoms with E-state index < -0.39 is 35.0 Å². The van der Waals surface area contributed by atoms with Gasteiger partial charge in [0, 0.05) is 10.0 Å². The fourth-order valence-electron chi connectivity index (χ4n) is 4.70. The summed E-state index contributed by atoms with van der Waals surface area (Å²) in [5.74, 6) is -0.742. The number of methoxy groups -OCH3 is 1. The smallest absolute Gasteiger partial charge is 0.434 e. The lowest BCUT2D eigenvalue weighted by molar-refractivity contribution is -0.140. The van der Waals surface area contributed by atoms with Crippen LogP contribution in [0, 0.1) is 0 Å². The van der Waals surface area contributed by atoms with Gasteiger partial charge in [0.25, 0.3) is 5.56 Å². The molecule has 1 atom stereocenters. The van der Waals surface area contributed by atoms with Crippen LogP contribution in [0.3, 0.4) is 0 Å². The van der Waals surface area contributed by atoms with Gasteiger partial charge in [0.15, 0.2) is 22.0 Å². The van der Waals surface area contributed by atoms with Crippen LogP contribution in [0.1, 0.15) is 29.7 Å². The number of thiazole rings is 1. The lowest BCUT2D eigenvalue weighted by atomic mass is 9.95. The number of halogens is 6. The van der Waals surface area contributed by atoms with Crippen LogP contribution in [0.5, 0.6) is 11.5 Å². The minimum Gasteiger partial charge on any atom is -0.493 e. The van der Waals surface area contributed by atoms with Crippen molar-refractivity contribution in [3.63, 3.8) is 0 Å². The molecule has 4 aromatic rings. The number of hydrogen-bond donors (Lipinski definition) is 0. The third-order valence-corrected chi connectivity index (χ3v) is 8.35. The Morgan fingerprint density at radius 2 is 1.80 bits per heavy atom. The molecule has 3 aromatic carbocycles. The van der Waals surface area contributed by atoms with Gasteiger partial charge in [-0.1, -0.05) is 70.4 Å². The van der Waals surface area contributed by atoms with Crippen molar-refractivity contribution in [1.82, 2.24) is 4.57 Å². The van der Waals surface area contributed by atoms with E-state index in [0.717, 1.165) is 21.5 Å². The number of carbonyl (C=O) groups is 1. The highest BCUT2D eigenvalue weighted by molar-refractivity contribution is 7.07. The van der Waals surface area contributed by atoms with Gasteiger partial charge in [-0.3, -0.25) is 9.36 Å². The summed E-state index contributed by atoms with van der Waals surface area (Å²) in [5, 5.41) is 1.02. The molecule has 0 fully saturated rings. The minimum absolute atomic E-state index is 0.0325. The number of nitrogens with zero attached hydrogens (tertiary/aromatic N) is 2. The van der Waals surface area contributed by atoms with E-state index in [-0.39, 0.29) is 44.6 Å². The summed E-state index contributed by atoms with van der Waals surface area (Å²) < 4.78 is 60.4. The summed E-state index contributed by atoms with van der Waals surface area (Å²) in [6.07, 6.45) is -3.58. The second kappa shape index (κ2) is 13.3. The maximum Gasteiger partial charge on any atom is 0.434 e. The molecular formula is C31H22Cl3F3N2O5S. The van der Waals surface area contributed by atoms with Crippen LogP contribution < -0.4 is 24.4 Å². The number of ether oxygens (including phenoxy) is 3. The maximum atomic E-state index is 14.3. The molecule has 0 unspecified atom stereocenters. The highest BCUT2D eigenvalue weighted by atomic mass is 35.5. The Balaban J connectivity index is 1.64. The number of alkyl halides is 3. The predicted octanol–water partition coefficient (Wildman–Crippen LogP) is 6.89. The standard InChI is InChI=1S/C31H22Cl3F3N2O5S/c1-3-43-29(41)24-25(18-7-9-19(32)10-8-18)39-28(40)23(45-30(39)38-27(24)31(35,36)37)14-17-12-21(34)26(22(13-17)42-2)44-15-16-5-4-6-20(33)11-16/h4-14,25H,3,15H2,1-2H3/b23-14-/t25-/m0/s1. The van der Waals surface area contributed by atoms with Gasteiger partial charge in [-0.05, 0) is 66.1 Å². The summed E-state index contributed by atoms with van der Waals surface area (Å²) in [4.78, 5) is 30.3. The molecule has 1 aliphatic heterocycles. The van der Waals surface area contributed by atoms with Crippen LogP contribution in [-0.4, -0.2) is 30.4 Å². The summed E-state index contributed by atoms with van der Waals surface area (Å²) in [6.45, 7) is 1.42. The van der Waals surface area contributed by atoms with Crippen LogP contribution in [0.4, 0.5) is 13.2 Å². The van der Waals surface area contributed by atoms with Crippen LogP contribution >= 0.6 is 46.1 Å². The average Bonchev–Trinajstić information content (AvgIpc) is 3.30. The first-order chi connectivity index (χ1) is 21.4. The minimum atomic E-state index is -5.02. The Kier molecular flexibility index (Phi) is 9.64. The summed E-state index contributed by atoms with van der Waals surface area (Å²) in [5.41, 5.74) is -1.53. The average molecular weight is 698 g/mol. The number of esters is 1. The molecule has 0 spiro atoms. The zero-order valence-electron chi connectivity index (χ0n) is 23.5. The number of carbonyl (C=O) groups excluding carboxylic acids is 1. The van der Waals surface area contributed by atoms with Crippen molar-refractivity contribution in [2.75, 3.05) is 13.7 Å². The lowest BCUT2D eigenvalue weighted by Gasteiger charge is -2.26. The molecule has 7 nitrogen and oxygen atoms in total. The van der Waals surface area contributed by atoms with E-state index in [0.29, 0.717) is 15.6 Å². The van der Waals surface area contributed by atoms with Crippen LogP contribution in [-0.2, 0) is 16.1 Å². The largest absolute Gasteiger partial charge is 0.493 e. The van der Waals surface area contributed by atoms with E-state index in [1.54, 1.807) is 24.3 Å². The molecule has 5 rings (SSSR count). The highest BCUT2D eigenvalue weighted by Crippen LogP contribution is 2.39. The first kappa shape index (κ1) is 32.6. The molecule has 1 aliphatic rings. The van der Waals surface area contributed by atoms with Crippen molar-refractivity contribution in [1.29, 1.82) is 0 Å². The molecule has 0 aliphatic carbocycles. The Morgan fingerprint density at radius 1 is 1.07 bits per heavy atom. The molecule has 1 aromatic heterocycles. The van der Waals surface area contributed by atoms with Crippen molar-refractivity contribution in [2.24, 2.45) is 4.99 Å². The molecule has 234 valence electrons. The van der Waals surface area contributed by atoms with E-state index in [1.165, 1.54) is 50.4 Å². The Hall–Kier alpha value is -3.77. The van der Waals surface area contributed by atoms with Gasteiger partial charge in [-0.15, -0.1) is 0 Å². The molecule has 0 saturated heterocycles. The topological polar surface area (TPSA) is 79.1 Å². The molecule has 45 heavy (non-hydrogen) atoms.